The molecule has 0 aromatic carbocycles. The number of hydrogen-bond donors (Lipinski definition) is 1. The third kappa shape index (κ3) is 2.63. The fraction of sp³-hybridized carbons (Fsp3) is 1.00. The Balaban J connectivity index is 1.66. The van der Waals surface area contributed by atoms with E-state index < -0.39 is 0 Å². The Hall–Kier alpha value is 0.310. The molecular formula is C11H21NS. The molecule has 2 heteroatoms. The van der Waals surface area contributed by atoms with E-state index in [0.717, 1.165) is 17.9 Å². The van der Waals surface area contributed by atoms with Crippen molar-refractivity contribution in [2.75, 3.05) is 18.1 Å². The van der Waals surface area contributed by atoms with Crippen LogP contribution >= 0.6 is 11.8 Å². The van der Waals surface area contributed by atoms with Crippen LogP contribution in [0.15, 0.2) is 0 Å². The smallest absolute Gasteiger partial charge is 0.0248 e. The van der Waals surface area contributed by atoms with Gasteiger partial charge in [-0.05, 0) is 24.8 Å². The van der Waals surface area contributed by atoms with Crippen molar-refractivity contribution in [3.05, 3.63) is 0 Å². The summed E-state index contributed by atoms with van der Waals surface area (Å²) < 4.78 is 0. The highest BCUT2D eigenvalue weighted by molar-refractivity contribution is 8.00. The maximum atomic E-state index is 3.70. The van der Waals surface area contributed by atoms with E-state index in [2.05, 4.69) is 24.0 Å². The van der Waals surface area contributed by atoms with Crippen LogP contribution in [0.5, 0.6) is 0 Å². The van der Waals surface area contributed by atoms with Crippen LogP contribution in [0.3, 0.4) is 0 Å². The van der Waals surface area contributed by atoms with Gasteiger partial charge < -0.3 is 5.32 Å². The van der Waals surface area contributed by atoms with Gasteiger partial charge in [-0.25, -0.2) is 0 Å². The highest BCUT2D eigenvalue weighted by atomic mass is 32.2. The maximum absolute atomic E-state index is 3.70. The summed E-state index contributed by atoms with van der Waals surface area (Å²) >= 11 is 2.07. The van der Waals surface area contributed by atoms with Gasteiger partial charge in [-0.2, -0.15) is 11.8 Å². The summed E-state index contributed by atoms with van der Waals surface area (Å²) in [5, 5.41) is 3.70. The summed E-state index contributed by atoms with van der Waals surface area (Å²) in [4.78, 5) is 0. The van der Waals surface area contributed by atoms with Gasteiger partial charge in [0, 0.05) is 17.5 Å². The number of hydrogen-bond acceptors (Lipinski definition) is 2. The summed E-state index contributed by atoms with van der Waals surface area (Å²) in [6.07, 6.45) is 5.87. The van der Waals surface area contributed by atoms with Crippen LogP contribution in [0, 0.1) is 11.8 Å². The first-order valence-corrected chi connectivity index (χ1v) is 6.83. The summed E-state index contributed by atoms with van der Waals surface area (Å²) in [5.74, 6) is 4.63. The predicted molar refractivity (Wildman–Crippen MR) is 60.2 cm³/mol. The number of rotatable bonds is 3. The molecule has 1 nitrogen and oxygen atoms in total. The SMILES string of the molecule is CC1CCCCC1CNC1CSC1. The van der Waals surface area contributed by atoms with Crippen molar-refractivity contribution >= 4 is 11.8 Å². The van der Waals surface area contributed by atoms with E-state index in [-0.39, 0.29) is 0 Å². The molecule has 2 rings (SSSR count). The highest BCUT2D eigenvalue weighted by Gasteiger charge is 2.23. The maximum Gasteiger partial charge on any atom is 0.0248 e. The van der Waals surface area contributed by atoms with E-state index in [9.17, 15) is 0 Å². The third-order valence-corrected chi connectivity index (χ3v) is 4.87. The van der Waals surface area contributed by atoms with Gasteiger partial charge in [-0.3, -0.25) is 0 Å². The van der Waals surface area contributed by atoms with Crippen molar-refractivity contribution in [1.82, 2.24) is 5.32 Å². The van der Waals surface area contributed by atoms with Gasteiger partial charge in [0.05, 0.1) is 0 Å². The Bertz CT molecular complexity index is 156. The minimum absolute atomic E-state index is 0.846. The molecule has 2 unspecified atom stereocenters. The van der Waals surface area contributed by atoms with Crippen LogP contribution in [0.2, 0.25) is 0 Å². The first-order chi connectivity index (χ1) is 6.36. The highest BCUT2D eigenvalue weighted by Crippen LogP contribution is 2.29. The molecule has 2 fully saturated rings. The Kier molecular flexibility index (Phi) is 3.56. The zero-order chi connectivity index (χ0) is 9.10. The molecule has 0 radical (unpaired) electrons. The Morgan fingerprint density at radius 3 is 2.62 bits per heavy atom. The lowest BCUT2D eigenvalue weighted by Gasteiger charge is -2.33. The lowest BCUT2D eigenvalue weighted by Crippen LogP contribution is -2.43. The fourth-order valence-electron chi connectivity index (χ4n) is 2.37. The molecule has 2 atom stereocenters. The number of thioether (sulfide) groups is 1. The van der Waals surface area contributed by atoms with E-state index in [4.69, 9.17) is 0 Å². The van der Waals surface area contributed by atoms with Gasteiger partial charge in [0.1, 0.15) is 0 Å². The summed E-state index contributed by atoms with van der Waals surface area (Å²) in [6, 6.07) is 0.846. The first kappa shape index (κ1) is 9.85. The van der Waals surface area contributed by atoms with Crippen LogP contribution in [-0.2, 0) is 0 Å². The van der Waals surface area contributed by atoms with E-state index in [1.807, 2.05) is 0 Å². The average Bonchev–Trinajstić information content (AvgIpc) is 2.05. The van der Waals surface area contributed by atoms with Gasteiger partial charge in [0.15, 0.2) is 0 Å². The molecule has 1 saturated carbocycles. The molecule has 0 amide bonds. The Labute approximate surface area is 86.0 Å². The molecular weight excluding hydrogens is 178 g/mol. The van der Waals surface area contributed by atoms with Crippen LogP contribution in [0.25, 0.3) is 0 Å². The topological polar surface area (TPSA) is 12.0 Å². The monoisotopic (exact) mass is 199 g/mol. The molecule has 0 bridgehead atoms. The van der Waals surface area contributed by atoms with Crippen molar-refractivity contribution in [3.63, 3.8) is 0 Å². The lowest BCUT2D eigenvalue weighted by molar-refractivity contribution is 0.243. The van der Waals surface area contributed by atoms with Gasteiger partial charge >= 0.3 is 0 Å². The minimum Gasteiger partial charge on any atom is -0.312 e. The zero-order valence-electron chi connectivity index (χ0n) is 8.59. The molecule has 2 aliphatic rings. The van der Waals surface area contributed by atoms with Gasteiger partial charge in [0.25, 0.3) is 0 Å². The average molecular weight is 199 g/mol. The fourth-order valence-corrected chi connectivity index (χ4v) is 3.08. The van der Waals surface area contributed by atoms with Crippen LogP contribution < -0.4 is 5.32 Å². The largest absolute Gasteiger partial charge is 0.312 e. The van der Waals surface area contributed by atoms with Crippen LogP contribution in [0.1, 0.15) is 32.6 Å². The van der Waals surface area contributed by atoms with E-state index >= 15 is 0 Å². The standard InChI is InChI=1S/C11H21NS/c1-9-4-2-3-5-10(9)6-12-11-7-13-8-11/h9-12H,2-8H2,1H3. The molecule has 1 aliphatic carbocycles. The second-order valence-electron chi connectivity index (χ2n) is 4.66. The van der Waals surface area contributed by atoms with E-state index in [1.165, 1.54) is 43.7 Å². The predicted octanol–water partition coefficient (Wildman–Crippen LogP) is 2.52. The van der Waals surface area contributed by atoms with E-state index in [1.54, 1.807) is 0 Å². The van der Waals surface area contributed by atoms with Gasteiger partial charge in [0.2, 0.25) is 0 Å². The molecule has 0 aromatic heterocycles. The van der Waals surface area contributed by atoms with Crippen LogP contribution in [-0.4, -0.2) is 24.1 Å². The normalized spacial score (nSPS) is 35.8. The molecule has 0 spiro atoms. The van der Waals surface area contributed by atoms with Crippen molar-refractivity contribution < 1.29 is 0 Å². The Morgan fingerprint density at radius 1 is 1.23 bits per heavy atom. The minimum atomic E-state index is 0.846. The van der Waals surface area contributed by atoms with Gasteiger partial charge in [-0.15, -0.1) is 0 Å². The van der Waals surface area contributed by atoms with Crippen molar-refractivity contribution in [3.8, 4) is 0 Å². The second-order valence-corrected chi connectivity index (χ2v) is 5.74. The second kappa shape index (κ2) is 4.70. The van der Waals surface area contributed by atoms with Gasteiger partial charge in [-0.1, -0.05) is 26.2 Å². The van der Waals surface area contributed by atoms with E-state index in [0.29, 0.717) is 0 Å². The third-order valence-electron chi connectivity index (χ3n) is 3.60. The Morgan fingerprint density at radius 2 is 2.00 bits per heavy atom. The zero-order valence-corrected chi connectivity index (χ0v) is 9.41. The molecule has 76 valence electrons. The molecule has 1 aliphatic heterocycles. The summed E-state index contributed by atoms with van der Waals surface area (Å²) in [5.41, 5.74) is 0. The molecule has 1 saturated heterocycles. The van der Waals surface area contributed by atoms with Crippen molar-refractivity contribution in [1.29, 1.82) is 0 Å². The molecule has 0 aromatic rings. The molecule has 1 heterocycles. The van der Waals surface area contributed by atoms with Crippen LogP contribution in [0.4, 0.5) is 0 Å². The molecule has 13 heavy (non-hydrogen) atoms. The quantitative estimate of drug-likeness (QED) is 0.749. The number of nitrogens with one attached hydrogen (secondary N) is 1. The lowest BCUT2D eigenvalue weighted by atomic mass is 9.80. The first-order valence-electron chi connectivity index (χ1n) is 5.67. The summed E-state index contributed by atoms with van der Waals surface area (Å²) in [6.45, 7) is 3.72. The van der Waals surface area contributed by atoms with Crippen molar-refractivity contribution in [2.45, 2.75) is 38.6 Å². The van der Waals surface area contributed by atoms with Crippen molar-refractivity contribution in [2.24, 2.45) is 11.8 Å². The summed E-state index contributed by atoms with van der Waals surface area (Å²) in [7, 11) is 0. The molecule has 1 N–H and O–H groups in total.